The Balaban J connectivity index is 1.74. The van der Waals surface area contributed by atoms with Crippen molar-refractivity contribution in [2.75, 3.05) is 25.1 Å². The summed E-state index contributed by atoms with van der Waals surface area (Å²) < 4.78 is 4.69. The van der Waals surface area contributed by atoms with Gasteiger partial charge in [-0.05, 0) is 48.9 Å². The quantitative estimate of drug-likeness (QED) is 0.732. The van der Waals surface area contributed by atoms with E-state index >= 15 is 0 Å². The number of anilines is 1. The molecule has 2 aliphatic rings. The molecule has 3 heteroatoms. The maximum absolute atomic E-state index is 11.3. The highest BCUT2D eigenvalue weighted by molar-refractivity contribution is 5.89. The molecule has 1 aliphatic heterocycles. The first-order valence-corrected chi connectivity index (χ1v) is 6.16. The van der Waals surface area contributed by atoms with E-state index < -0.39 is 0 Å². The average Bonchev–Trinajstić information content (AvgIpc) is 2.99. The number of hydrogen-bond acceptors (Lipinski definition) is 3. The second-order valence-electron chi connectivity index (χ2n) is 5.21. The molecular formula is C14H17NO2. The van der Waals surface area contributed by atoms with Gasteiger partial charge >= 0.3 is 5.97 Å². The minimum atomic E-state index is -0.267. The minimum absolute atomic E-state index is 0.267. The highest BCUT2D eigenvalue weighted by Gasteiger charge is 2.47. The molecule has 0 atom stereocenters. The smallest absolute Gasteiger partial charge is 0.337 e. The van der Waals surface area contributed by atoms with Gasteiger partial charge in [0.1, 0.15) is 0 Å². The molecule has 0 unspecified atom stereocenters. The molecule has 90 valence electrons. The zero-order chi connectivity index (χ0) is 11.9. The number of rotatable bonds is 2. The van der Waals surface area contributed by atoms with E-state index in [0.717, 1.165) is 6.54 Å². The van der Waals surface area contributed by atoms with Gasteiger partial charge in [0.25, 0.3) is 0 Å². The molecule has 1 spiro atoms. The molecule has 1 aromatic rings. The standard InChI is InChI=1S/C14H17NO2/c1-17-13(16)11-2-4-12(5-3-11)15-9-8-14(10-15)6-7-14/h2-5H,6-10H2,1H3. The first-order valence-electron chi connectivity index (χ1n) is 6.16. The van der Waals surface area contributed by atoms with Gasteiger partial charge < -0.3 is 9.64 Å². The Morgan fingerprint density at radius 1 is 1.24 bits per heavy atom. The van der Waals surface area contributed by atoms with E-state index in [4.69, 9.17) is 4.74 Å². The molecule has 2 fully saturated rings. The molecule has 0 aromatic heterocycles. The van der Waals surface area contributed by atoms with Crippen molar-refractivity contribution in [2.45, 2.75) is 19.3 Å². The zero-order valence-electron chi connectivity index (χ0n) is 10.1. The van der Waals surface area contributed by atoms with Gasteiger partial charge in [0.2, 0.25) is 0 Å². The molecule has 17 heavy (non-hydrogen) atoms. The van der Waals surface area contributed by atoms with Crippen LogP contribution in [0.4, 0.5) is 5.69 Å². The molecule has 1 aromatic carbocycles. The van der Waals surface area contributed by atoms with Crippen LogP contribution in [-0.2, 0) is 4.74 Å². The highest BCUT2D eigenvalue weighted by Crippen LogP contribution is 2.53. The monoisotopic (exact) mass is 231 g/mol. The topological polar surface area (TPSA) is 29.5 Å². The minimum Gasteiger partial charge on any atom is -0.465 e. The van der Waals surface area contributed by atoms with E-state index in [2.05, 4.69) is 4.90 Å². The summed E-state index contributed by atoms with van der Waals surface area (Å²) in [6.45, 7) is 2.34. The van der Waals surface area contributed by atoms with Crippen molar-refractivity contribution in [1.82, 2.24) is 0 Å². The number of esters is 1. The lowest BCUT2D eigenvalue weighted by atomic mass is 10.1. The second-order valence-corrected chi connectivity index (χ2v) is 5.21. The van der Waals surface area contributed by atoms with E-state index in [0.29, 0.717) is 11.0 Å². The van der Waals surface area contributed by atoms with Gasteiger partial charge in [0.15, 0.2) is 0 Å². The van der Waals surface area contributed by atoms with Crippen LogP contribution in [0.5, 0.6) is 0 Å². The van der Waals surface area contributed by atoms with Crippen LogP contribution in [0.3, 0.4) is 0 Å². The molecule has 1 aliphatic carbocycles. The molecule has 3 nitrogen and oxygen atoms in total. The number of carbonyl (C=O) groups excluding carboxylic acids is 1. The lowest BCUT2D eigenvalue weighted by Gasteiger charge is -2.18. The van der Waals surface area contributed by atoms with Gasteiger partial charge in [-0.15, -0.1) is 0 Å². The maximum atomic E-state index is 11.3. The fraction of sp³-hybridized carbons (Fsp3) is 0.500. The van der Waals surface area contributed by atoms with Crippen LogP contribution in [0.1, 0.15) is 29.6 Å². The second kappa shape index (κ2) is 3.76. The fourth-order valence-corrected chi connectivity index (χ4v) is 2.67. The normalized spacial score (nSPS) is 20.6. The van der Waals surface area contributed by atoms with Crippen molar-refractivity contribution >= 4 is 11.7 Å². The summed E-state index contributed by atoms with van der Waals surface area (Å²) in [4.78, 5) is 13.7. The van der Waals surface area contributed by atoms with Crippen LogP contribution in [0.25, 0.3) is 0 Å². The third kappa shape index (κ3) is 1.90. The average molecular weight is 231 g/mol. The van der Waals surface area contributed by atoms with E-state index in [-0.39, 0.29) is 5.97 Å². The van der Waals surface area contributed by atoms with Gasteiger partial charge in [0.05, 0.1) is 12.7 Å². The Labute approximate surface area is 101 Å². The van der Waals surface area contributed by atoms with Crippen molar-refractivity contribution < 1.29 is 9.53 Å². The number of carbonyl (C=O) groups is 1. The van der Waals surface area contributed by atoms with Gasteiger partial charge in [0, 0.05) is 18.8 Å². The Kier molecular flexibility index (Phi) is 2.35. The van der Waals surface area contributed by atoms with Crippen LogP contribution in [-0.4, -0.2) is 26.2 Å². The Bertz CT molecular complexity index is 434. The fourth-order valence-electron chi connectivity index (χ4n) is 2.67. The van der Waals surface area contributed by atoms with Gasteiger partial charge in [-0.25, -0.2) is 4.79 Å². The summed E-state index contributed by atoms with van der Waals surface area (Å²) >= 11 is 0. The Morgan fingerprint density at radius 3 is 2.47 bits per heavy atom. The van der Waals surface area contributed by atoms with Crippen LogP contribution >= 0.6 is 0 Å². The Morgan fingerprint density at radius 2 is 1.94 bits per heavy atom. The molecule has 0 N–H and O–H groups in total. The molecule has 1 saturated heterocycles. The largest absolute Gasteiger partial charge is 0.465 e. The third-order valence-corrected chi connectivity index (χ3v) is 4.05. The zero-order valence-corrected chi connectivity index (χ0v) is 10.1. The van der Waals surface area contributed by atoms with Crippen LogP contribution in [0, 0.1) is 5.41 Å². The summed E-state index contributed by atoms with van der Waals surface area (Å²) in [6, 6.07) is 7.74. The number of nitrogens with zero attached hydrogens (tertiary/aromatic N) is 1. The van der Waals surface area contributed by atoms with E-state index in [9.17, 15) is 4.79 Å². The van der Waals surface area contributed by atoms with E-state index in [1.807, 2.05) is 24.3 Å². The van der Waals surface area contributed by atoms with E-state index in [1.165, 1.54) is 38.6 Å². The van der Waals surface area contributed by atoms with Gasteiger partial charge in [-0.2, -0.15) is 0 Å². The molecule has 1 heterocycles. The number of methoxy groups -OCH3 is 1. The van der Waals surface area contributed by atoms with Crippen molar-refractivity contribution in [1.29, 1.82) is 0 Å². The predicted molar refractivity (Wildman–Crippen MR) is 66.3 cm³/mol. The van der Waals surface area contributed by atoms with Gasteiger partial charge in [-0.1, -0.05) is 0 Å². The molecule has 0 bridgehead atoms. The molecule has 0 amide bonds. The van der Waals surface area contributed by atoms with Crippen molar-refractivity contribution in [2.24, 2.45) is 5.41 Å². The molecule has 1 saturated carbocycles. The molecular weight excluding hydrogens is 214 g/mol. The lowest BCUT2D eigenvalue weighted by molar-refractivity contribution is 0.0601. The van der Waals surface area contributed by atoms with Crippen LogP contribution < -0.4 is 4.90 Å². The van der Waals surface area contributed by atoms with Crippen LogP contribution in [0.15, 0.2) is 24.3 Å². The summed E-state index contributed by atoms with van der Waals surface area (Å²) in [5, 5.41) is 0. The van der Waals surface area contributed by atoms with Crippen LogP contribution in [0.2, 0.25) is 0 Å². The predicted octanol–water partition coefficient (Wildman–Crippen LogP) is 2.46. The Hall–Kier alpha value is -1.51. The van der Waals surface area contributed by atoms with Crippen molar-refractivity contribution in [3.8, 4) is 0 Å². The number of ether oxygens (including phenoxy) is 1. The van der Waals surface area contributed by atoms with Crippen molar-refractivity contribution in [3.05, 3.63) is 29.8 Å². The first-order chi connectivity index (χ1) is 8.22. The van der Waals surface area contributed by atoms with Gasteiger partial charge in [-0.3, -0.25) is 0 Å². The number of hydrogen-bond donors (Lipinski definition) is 0. The maximum Gasteiger partial charge on any atom is 0.337 e. The molecule has 3 rings (SSSR count). The lowest BCUT2D eigenvalue weighted by Crippen LogP contribution is -2.19. The van der Waals surface area contributed by atoms with E-state index in [1.54, 1.807) is 0 Å². The number of benzene rings is 1. The highest BCUT2D eigenvalue weighted by atomic mass is 16.5. The third-order valence-electron chi connectivity index (χ3n) is 4.05. The molecule has 0 radical (unpaired) electrons. The summed E-state index contributed by atoms with van der Waals surface area (Å²) in [7, 11) is 1.41. The SMILES string of the molecule is COC(=O)c1ccc(N2CCC3(CC3)C2)cc1. The summed E-state index contributed by atoms with van der Waals surface area (Å²) in [5.74, 6) is -0.267. The first kappa shape index (κ1) is 10.6. The van der Waals surface area contributed by atoms with Crippen molar-refractivity contribution in [3.63, 3.8) is 0 Å². The summed E-state index contributed by atoms with van der Waals surface area (Å²) in [6.07, 6.45) is 4.11. The summed E-state index contributed by atoms with van der Waals surface area (Å²) in [5.41, 5.74) is 2.49.